The van der Waals surface area contributed by atoms with Crippen LogP contribution in [0, 0.1) is 0 Å². The van der Waals surface area contributed by atoms with Crippen LogP contribution in [0.1, 0.15) is 49.8 Å². The lowest BCUT2D eigenvalue weighted by Crippen LogP contribution is -2.36. The lowest BCUT2D eigenvalue weighted by molar-refractivity contribution is -0.158. The third-order valence-electron chi connectivity index (χ3n) is 4.16. The molecule has 1 atom stereocenters. The number of benzene rings is 1. The van der Waals surface area contributed by atoms with E-state index in [0.717, 1.165) is 24.1 Å². The second-order valence-corrected chi connectivity index (χ2v) is 5.74. The number of carbonyl (C=O) groups is 1. The number of halogens is 3. The van der Waals surface area contributed by atoms with Crippen LogP contribution in [-0.4, -0.2) is 5.97 Å². The molecule has 1 aromatic rings. The van der Waals surface area contributed by atoms with Gasteiger partial charge in [-0.05, 0) is 55.9 Å². The first-order valence-corrected chi connectivity index (χ1v) is 7.29. The van der Waals surface area contributed by atoms with E-state index in [1.54, 1.807) is 0 Å². The zero-order valence-electron chi connectivity index (χ0n) is 12.7. The molecule has 0 heterocycles. The summed E-state index contributed by atoms with van der Waals surface area (Å²) in [4.78, 5) is 11.9. The summed E-state index contributed by atoms with van der Waals surface area (Å²) in [6.07, 6.45) is -1.99. The van der Waals surface area contributed by atoms with Gasteiger partial charge in [0.15, 0.2) is 0 Å². The summed E-state index contributed by atoms with van der Waals surface area (Å²) in [5.41, 5.74) is -0.171. The fourth-order valence-electron chi connectivity index (χ4n) is 2.90. The van der Waals surface area contributed by atoms with Crippen LogP contribution in [0.3, 0.4) is 0 Å². The summed E-state index contributed by atoms with van der Waals surface area (Å²) in [5.74, 6) is -0.563. The summed E-state index contributed by atoms with van der Waals surface area (Å²) in [6, 6.07) is 3.71. The molecular formula is C17H19F3O2. The molecule has 0 fully saturated rings. The number of carbonyl (C=O) groups excluding carboxylic acids is 1. The number of fused-ring (bicyclic) bond motifs is 1. The van der Waals surface area contributed by atoms with E-state index in [1.165, 1.54) is 13.0 Å². The van der Waals surface area contributed by atoms with Crippen molar-refractivity contribution in [1.29, 1.82) is 0 Å². The van der Waals surface area contributed by atoms with E-state index >= 15 is 0 Å². The third kappa shape index (κ3) is 3.03. The van der Waals surface area contributed by atoms with E-state index in [9.17, 15) is 18.0 Å². The molecule has 1 unspecified atom stereocenters. The Kier molecular flexibility index (Phi) is 4.36. The highest BCUT2D eigenvalue weighted by Gasteiger charge is 2.41. The number of esters is 1. The highest BCUT2D eigenvalue weighted by Crippen LogP contribution is 2.43. The fourth-order valence-corrected chi connectivity index (χ4v) is 2.90. The van der Waals surface area contributed by atoms with E-state index in [2.05, 4.69) is 6.58 Å². The molecule has 0 radical (unpaired) electrons. The van der Waals surface area contributed by atoms with Crippen molar-refractivity contribution in [1.82, 2.24) is 0 Å². The standard InChI is InChI=1S/C17H19F3O2/c1-4-16(22-15(21)11(2)3)9-5-6-12-7-8-13(10-14(12)16)17(18,19)20/h7-8,10H,2,4-6,9H2,1,3H3. The summed E-state index contributed by atoms with van der Waals surface area (Å²) in [6.45, 7) is 6.89. The molecule has 5 heteroatoms. The molecule has 2 rings (SSSR count). The smallest absolute Gasteiger partial charge is 0.416 e. The van der Waals surface area contributed by atoms with Gasteiger partial charge in [0.05, 0.1) is 5.56 Å². The SMILES string of the molecule is C=C(C)C(=O)OC1(CC)CCCc2ccc(C(F)(F)F)cc21. The van der Waals surface area contributed by atoms with Crippen molar-refractivity contribution in [3.8, 4) is 0 Å². The van der Waals surface area contributed by atoms with Gasteiger partial charge in [0.1, 0.15) is 5.60 Å². The van der Waals surface area contributed by atoms with E-state index in [0.29, 0.717) is 24.8 Å². The van der Waals surface area contributed by atoms with Gasteiger partial charge in [-0.2, -0.15) is 13.2 Å². The number of alkyl halides is 3. The second-order valence-electron chi connectivity index (χ2n) is 5.74. The number of hydrogen-bond donors (Lipinski definition) is 0. The Morgan fingerprint density at radius 2 is 2.09 bits per heavy atom. The Bertz CT molecular complexity index is 604. The molecule has 0 bridgehead atoms. The van der Waals surface area contributed by atoms with Crippen molar-refractivity contribution in [2.45, 2.75) is 51.3 Å². The average Bonchev–Trinajstić information content (AvgIpc) is 2.45. The first-order valence-electron chi connectivity index (χ1n) is 7.29. The predicted octanol–water partition coefficient (Wildman–Crippen LogP) is 4.77. The Morgan fingerprint density at radius 3 is 2.64 bits per heavy atom. The normalized spacial score (nSPS) is 21.1. The zero-order valence-corrected chi connectivity index (χ0v) is 12.7. The summed E-state index contributed by atoms with van der Waals surface area (Å²) < 4.78 is 44.5. The number of rotatable bonds is 3. The molecule has 1 aliphatic carbocycles. The van der Waals surface area contributed by atoms with Gasteiger partial charge < -0.3 is 4.74 Å². The van der Waals surface area contributed by atoms with Crippen LogP contribution in [0.15, 0.2) is 30.4 Å². The third-order valence-corrected chi connectivity index (χ3v) is 4.16. The van der Waals surface area contributed by atoms with Crippen LogP contribution < -0.4 is 0 Å². The Balaban J connectivity index is 2.52. The van der Waals surface area contributed by atoms with Crippen molar-refractivity contribution in [3.63, 3.8) is 0 Å². The molecule has 0 aromatic heterocycles. The van der Waals surface area contributed by atoms with Crippen LogP contribution in [0.25, 0.3) is 0 Å². The first kappa shape index (κ1) is 16.6. The monoisotopic (exact) mass is 312 g/mol. The van der Waals surface area contributed by atoms with Crippen LogP contribution in [-0.2, 0) is 27.7 Å². The van der Waals surface area contributed by atoms with Gasteiger partial charge in [-0.3, -0.25) is 0 Å². The fraction of sp³-hybridized carbons (Fsp3) is 0.471. The van der Waals surface area contributed by atoms with Crippen molar-refractivity contribution in [3.05, 3.63) is 47.0 Å². The van der Waals surface area contributed by atoms with Crippen LogP contribution in [0.2, 0.25) is 0 Å². The summed E-state index contributed by atoms with van der Waals surface area (Å²) >= 11 is 0. The minimum atomic E-state index is -4.41. The lowest BCUT2D eigenvalue weighted by atomic mass is 9.76. The van der Waals surface area contributed by atoms with Gasteiger partial charge in [0.2, 0.25) is 0 Å². The molecule has 0 amide bonds. The van der Waals surface area contributed by atoms with E-state index in [1.807, 2.05) is 6.92 Å². The molecule has 0 aliphatic heterocycles. The molecule has 0 saturated heterocycles. The molecule has 0 spiro atoms. The summed E-state index contributed by atoms with van der Waals surface area (Å²) in [5, 5.41) is 0. The molecule has 2 nitrogen and oxygen atoms in total. The maximum Gasteiger partial charge on any atom is 0.416 e. The van der Waals surface area contributed by atoms with Gasteiger partial charge in [-0.25, -0.2) is 4.79 Å². The van der Waals surface area contributed by atoms with Crippen LogP contribution in [0.5, 0.6) is 0 Å². The van der Waals surface area contributed by atoms with Crippen LogP contribution >= 0.6 is 0 Å². The van der Waals surface area contributed by atoms with Crippen molar-refractivity contribution in [2.24, 2.45) is 0 Å². The Hall–Kier alpha value is -1.78. The zero-order chi connectivity index (χ0) is 16.5. The topological polar surface area (TPSA) is 26.3 Å². The molecule has 1 aromatic carbocycles. The number of hydrogen-bond acceptors (Lipinski definition) is 2. The van der Waals surface area contributed by atoms with Crippen LogP contribution in [0.4, 0.5) is 13.2 Å². The van der Waals surface area contributed by atoms with Gasteiger partial charge in [-0.1, -0.05) is 19.6 Å². The molecule has 22 heavy (non-hydrogen) atoms. The average molecular weight is 312 g/mol. The largest absolute Gasteiger partial charge is 0.451 e. The molecule has 1 aliphatic rings. The first-order chi connectivity index (χ1) is 10.2. The number of aryl methyl sites for hydroxylation is 1. The van der Waals surface area contributed by atoms with Gasteiger partial charge in [-0.15, -0.1) is 0 Å². The molecule has 120 valence electrons. The lowest BCUT2D eigenvalue weighted by Gasteiger charge is -2.38. The van der Waals surface area contributed by atoms with E-state index in [-0.39, 0.29) is 5.57 Å². The van der Waals surface area contributed by atoms with Crippen molar-refractivity contribution in [2.75, 3.05) is 0 Å². The highest BCUT2D eigenvalue weighted by molar-refractivity contribution is 5.87. The van der Waals surface area contributed by atoms with E-state index < -0.39 is 23.3 Å². The quantitative estimate of drug-likeness (QED) is 0.594. The maximum absolute atomic E-state index is 13.0. The Labute approximate surface area is 128 Å². The minimum Gasteiger partial charge on any atom is -0.451 e. The number of ether oxygens (including phenoxy) is 1. The molecule has 0 saturated carbocycles. The van der Waals surface area contributed by atoms with Crippen molar-refractivity contribution >= 4 is 5.97 Å². The molecule has 0 N–H and O–H groups in total. The minimum absolute atomic E-state index is 0.243. The summed E-state index contributed by atoms with van der Waals surface area (Å²) in [7, 11) is 0. The Morgan fingerprint density at radius 1 is 1.41 bits per heavy atom. The van der Waals surface area contributed by atoms with Gasteiger partial charge in [0, 0.05) is 5.57 Å². The maximum atomic E-state index is 13.0. The van der Waals surface area contributed by atoms with Gasteiger partial charge in [0.25, 0.3) is 0 Å². The van der Waals surface area contributed by atoms with Crippen molar-refractivity contribution < 1.29 is 22.7 Å². The second kappa shape index (κ2) is 5.78. The predicted molar refractivity (Wildman–Crippen MR) is 77.3 cm³/mol. The van der Waals surface area contributed by atoms with Gasteiger partial charge >= 0.3 is 12.1 Å². The highest BCUT2D eigenvalue weighted by atomic mass is 19.4. The van der Waals surface area contributed by atoms with E-state index in [4.69, 9.17) is 4.74 Å². The molecular weight excluding hydrogens is 293 g/mol.